The van der Waals surface area contributed by atoms with Crippen molar-refractivity contribution in [1.29, 1.82) is 0 Å². The average Bonchev–Trinajstić information content (AvgIpc) is 2.45. The summed E-state index contributed by atoms with van der Waals surface area (Å²) < 4.78 is 0. The van der Waals surface area contributed by atoms with E-state index in [4.69, 9.17) is 5.73 Å². The third-order valence-corrected chi connectivity index (χ3v) is 2.61. The maximum absolute atomic E-state index is 12.0. The first-order chi connectivity index (χ1) is 10.1. The second-order valence-electron chi connectivity index (χ2n) is 4.26. The molecule has 2 heterocycles. The fourth-order valence-corrected chi connectivity index (χ4v) is 1.65. The van der Waals surface area contributed by atoms with Crippen molar-refractivity contribution in [2.75, 3.05) is 11.9 Å². The molecule has 0 aliphatic carbocycles. The normalized spacial score (nSPS) is 9.62. The minimum atomic E-state index is -0.521. The van der Waals surface area contributed by atoms with Crippen LogP contribution in [0.25, 0.3) is 0 Å². The Kier molecular flexibility index (Phi) is 4.49. The van der Waals surface area contributed by atoms with Gasteiger partial charge in [-0.25, -0.2) is 4.98 Å². The molecule has 0 atom stereocenters. The van der Waals surface area contributed by atoms with Crippen LogP contribution in [0.4, 0.5) is 5.82 Å². The molecule has 1 amide bonds. The molecule has 6 nitrogen and oxygen atoms in total. The van der Waals surface area contributed by atoms with Gasteiger partial charge in [-0.1, -0.05) is 12.0 Å². The summed E-state index contributed by atoms with van der Waals surface area (Å²) in [4.78, 5) is 30.8. The van der Waals surface area contributed by atoms with Crippen molar-refractivity contribution >= 4 is 11.7 Å². The number of aromatic nitrogens is 2. The molecule has 0 aromatic carbocycles. The SMILES string of the molecule is Cc1cc(=O)c(C(=O)Nc2cccc(C#CCN)n2)c[nH]1. The van der Waals surface area contributed by atoms with Crippen molar-refractivity contribution in [3.63, 3.8) is 0 Å². The summed E-state index contributed by atoms with van der Waals surface area (Å²) in [6.07, 6.45) is 1.38. The van der Waals surface area contributed by atoms with E-state index in [0.717, 1.165) is 0 Å². The number of amides is 1. The Balaban J connectivity index is 2.21. The molecule has 2 aromatic heterocycles. The molecular weight excluding hydrogens is 268 g/mol. The number of nitrogens with zero attached hydrogens (tertiary/aromatic N) is 1. The number of carbonyl (C=O) groups is 1. The molecule has 2 rings (SSSR count). The summed E-state index contributed by atoms with van der Waals surface area (Å²) in [5.41, 5.74) is 6.16. The number of anilines is 1. The Labute approximate surface area is 121 Å². The number of hydrogen-bond donors (Lipinski definition) is 3. The minimum absolute atomic E-state index is 0.0286. The molecule has 0 unspecified atom stereocenters. The molecular formula is C15H14N4O2. The third-order valence-electron chi connectivity index (χ3n) is 2.61. The first-order valence-electron chi connectivity index (χ1n) is 6.27. The van der Waals surface area contributed by atoms with Crippen molar-refractivity contribution in [3.05, 3.63) is 57.6 Å². The quantitative estimate of drug-likeness (QED) is 0.704. The molecule has 0 saturated heterocycles. The van der Waals surface area contributed by atoms with E-state index in [1.807, 2.05) is 0 Å². The Morgan fingerprint density at radius 3 is 3.00 bits per heavy atom. The first kappa shape index (κ1) is 14.5. The topological polar surface area (TPSA) is 101 Å². The predicted octanol–water partition coefficient (Wildman–Crippen LogP) is 0.641. The molecule has 21 heavy (non-hydrogen) atoms. The van der Waals surface area contributed by atoms with Gasteiger partial charge >= 0.3 is 0 Å². The van der Waals surface area contributed by atoms with Crippen LogP contribution in [0.1, 0.15) is 21.7 Å². The molecule has 0 aliphatic heterocycles. The zero-order chi connectivity index (χ0) is 15.2. The molecule has 0 fully saturated rings. The number of nitrogens with two attached hydrogens (primary N) is 1. The number of rotatable bonds is 2. The fraction of sp³-hybridized carbons (Fsp3) is 0.133. The molecule has 2 aromatic rings. The Morgan fingerprint density at radius 1 is 1.48 bits per heavy atom. The lowest BCUT2D eigenvalue weighted by Crippen LogP contribution is -2.22. The van der Waals surface area contributed by atoms with E-state index in [1.165, 1.54) is 12.3 Å². The average molecular weight is 282 g/mol. The Bertz CT molecular complexity index is 784. The van der Waals surface area contributed by atoms with Gasteiger partial charge in [0.1, 0.15) is 17.1 Å². The summed E-state index contributed by atoms with van der Waals surface area (Å²) in [6, 6.07) is 6.40. The van der Waals surface area contributed by atoms with Gasteiger partial charge in [0.25, 0.3) is 5.91 Å². The van der Waals surface area contributed by atoms with Gasteiger partial charge in [-0.3, -0.25) is 9.59 Å². The van der Waals surface area contributed by atoms with Crippen LogP contribution in [-0.2, 0) is 0 Å². The van der Waals surface area contributed by atoms with Crippen LogP contribution in [0, 0.1) is 18.8 Å². The third kappa shape index (κ3) is 3.78. The molecule has 106 valence electrons. The number of nitrogens with one attached hydrogen (secondary N) is 2. The summed E-state index contributed by atoms with van der Waals surface area (Å²) in [6.45, 7) is 1.97. The molecule has 4 N–H and O–H groups in total. The lowest BCUT2D eigenvalue weighted by molar-refractivity contribution is 0.102. The van der Waals surface area contributed by atoms with Crippen LogP contribution in [0.15, 0.2) is 35.3 Å². The maximum atomic E-state index is 12.0. The Morgan fingerprint density at radius 2 is 2.29 bits per heavy atom. The molecule has 0 spiro atoms. The highest BCUT2D eigenvalue weighted by Gasteiger charge is 2.11. The van der Waals surface area contributed by atoms with E-state index in [2.05, 4.69) is 27.1 Å². The van der Waals surface area contributed by atoms with E-state index in [9.17, 15) is 9.59 Å². The van der Waals surface area contributed by atoms with Crippen molar-refractivity contribution in [2.24, 2.45) is 5.73 Å². The monoisotopic (exact) mass is 282 g/mol. The largest absolute Gasteiger partial charge is 0.364 e. The molecule has 0 saturated carbocycles. The van der Waals surface area contributed by atoms with Gasteiger partial charge in [-0.15, -0.1) is 0 Å². The van der Waals surface area contributed by atoms with Gasteiger partial charge in [0.2, 0.25) is 0 Å². The van der Waals surface area contributed by atoms with Crippen molar-refractivity contribution in [3.8, 4) is 11.8 Å². The van der Waals surface area contributed by atoms with Gasteiger partial charge in [0.05, 0.1) is 6.54 Å². The summed E-state index contributed by atoms with van der Waals surface area (Å²) >= 11 is 0. The molecule has 0 aliphatic rings. The number of hydrogen-bond acceptors (Lipinski definition) is 4. The number of pyridine rings is 2. The summed E-state index contributed by atoms with van der Waals surface area (Å²) in [5, 5.41) is 2.57. The van der Waals surface area contributed by atoms with Crippen LogP contribution in [0.3, 0.4) is 0 Å². The second-order valence-corrected chi connectivity index (χ2v) is 4.26. The van der Waals surface area contributed by atoms with E-state index in [-0.39, 0.29) is 17.5 Å². The molecule has 0 bridgehead atoms. The van der Waals surface area contributed by atoms with Gasteiger partial charge in [0.15, 0.2) is 5.43 Å². The number of aromatic amines is 1. The van der Waals surface area contributed by atoms with Crippen molar-refractivity contribution in [1.82, 2.24) is 9.97 Å². The number of aryl methyl sites for hydroxylation is 1. The first-order valence-corrected chi connectivity index (χ1v) is 6.27. The van der Waals surface area contributed by atoms with Crippen LogP contribution in [0.2, 0.25) is 0 Å². The number of carbonyl (C=O) groups excluding carboxylic acids is 1. The highest BCUT2D eigenvalue weighted by atomic mass is 16.2. The van der Waals surface area contributed by atoms with Crippen LogP contribution in [0.5, 0.6) is 0 Å². The smallest absolute Gasteiger partial charge is 0.262 e. The highest BCUT2D eigenvalue weighted by molar-refractivity contribution is 6.03. The zero-order valence-corrected chi connectivity index (χ0v) is 11.4. The zero-order valence-electron chi connectivity index (χ0n) is 11.4. The van der Waals surface area contributed by atoms with Crippen molar-refractivity contribution < 1.29 is 4.79 Å². The van der Waals surface area contributed by atoms with Crippen LogP contribution >= 0.6 is 0 Å². The van der Waals surface area contributed by atoms with Crippen molar-refractivity contribution in [2.45, 2.75) is 6.92 Å². The summed E-state index contributed by atoms with van der Waals surface area (Å²) in [7, 11) is 0. The van der Waals surface area contributed by atoms with Gasteiger partial charge in [0, 0.05) is 18.0 Å². The highest BCUT2D eigenvalue weighted by Crippen LogP contribution is 2.05. The lowest BCUT2D eigenvalue weighted by Gasteiger charge is -2.04. The Hall–Kier alpha value is -2.91. The lowest BCUT2D eigenvalue weighted by atomic mass is 10.2. The fourth-order valence-electron chi connectivity index (χ4n) is 1.65. The minimum Gasteiger partial charge on any atom is -0.364 e. The number of H-pyrrole nitrogens is 1. The van der Waals surface area contributed by atoms with E-state index in [0.29, 0.717) is 17.2 Å². The molecule has 6 heteroatoms. The van der Waals surface area contributed by atoms with E-state index < -0.39 is 5.91 Å². The van der Waals surface area contributed by atoms with E-state index in [1.54, 1.807) is 25.1 Å². The molecule has 0 radical (unpaired) electrons. The van der Waals surface area contributed by atoms with Gasteiger partial charge < -0.3 is 16.0 Å². The summed E-state index contributed by atoms with van der Waals surface area (Å²) in [5.74, 6) is 5.25. The van der Waals surface area contributed by atoms with Gasteiger partial charge in [-0.2, -0.15) is 0 Å². The standard InChI is InChI=1S/C15H14N4O2/c1-10-8-13(20)12(9-17-10)15(21)19-14-6-2-4-11(18-14)5-3-7-16/h2,4,6,8-9H,7,16H2,1H3,(H,17,20)(H,18,19,21). The van der Waals surface area contributed by atoms with Crippen LogP contribution in [-0.4, -0.2) is 22.4 Å². The predicted molar refractivity (Wildman–Crippen MR) is 79.9 cm³/mol. The van der Waals surface area contributed by atoms with Crippen LogP contribution < -0.4 is 16.5 Å². The second kappa shape index (κ2) is 6.50. The van der Waals surface area contributed by atoms with Gasteiger partial charge in [-0.05, 0) is 25.0 Å². The maximum Gasteiger partial charge on any atom is 0.262 e. The van der Waals surface area contributed by atoms with E-state index >= 15 is 0 Å².